The van der Waals surface area contributed by atoms with Crippen LogP contribution in [0.2, 0.25) is 0 Å². The average Bonchev–Trinajstić information content (AvgIpc) is 3.17. The van der Waals surface area contributed by atoms with Crippen molar-refractivity contribution in [1.82, 2.24) is 20.5 Å². The number of H-pyrrole nitrogens is 1. The molecule has 8 nitrogen and oxygen atoms in total. The van der Waals surface area contributed by atoms with Gasteiger partial charge in [0.05, 0.1) is 6.20 Å². The molecule has 0 saturated carbocycles. The first-order valence-corrected chi connectivity index (χ1v) is 8.99. The summed E-state index contributed by atoms with van der Waals surface area (Å²) in [7, 11) is 0. The number of nitrogens with one attached hydrogen (secondary N) is 3. The first-order chi connectivity index (χ1) is 13.7. The van der Waals surface area contributed by atoms with Gasteiger partial charge >= 0.3 is 11.8 Å². The van der Waals surface area contributed by atoms with E-state index in [1.807, 2.05) is 6.07 Å². The van der Waals surface area contributed by atoms with E-state index in [9.17, 15) is 9.59 Å². The van der Waals surface area contributed by atoms with Crippen molar-refractivity contribution in [3.8, 4) is 11.6 Å². The van der Waals surface area contributed by atoms with Gasteiger partial charge in [0.25, 0.3) is 0 Å². The molecule has 3 N–H and O–H groups in total. The number of hydrogen-bond acceptors (Lipinski definition) is 5. The standard InChI is InChI=1S/C20H19N5O3/c26-19(20(27)24-15-7-8-17-13(10-15)12-22-25-17)23-14-4-3-5-16(11-14)28-18-6-1-2-9-21-18/h1-6,9,11-12,15H,7-8,10H2,(H,22,25)(H,23,26)(H,24,27)/t15-/m1/s1. The monoisotopic (exact) mass is 377 g/mol. The molecule has 0 radical (unpaired) electrons. The predicted octanol–water partition coefficient (Wildman–Crippen LogP) is 2.21. The minimum Gasteiger partial charge on any atom is -0.439 e. The highest BCUT2D eigenvalue weighted by Gasteiger charge is 2.24. The molecule has 1 aliphatic carbocycles. The number of amides is 2. The van der Waals surface area contributed by atoms with E-state index in [-0.39, 0.29) is 6.04 Å². The topological polar surface area (TPSA) is 109 Å². The van der Waals surface area contributed by atoms with Gasteiger partial charge in [0.15, 0.2) is 0 Å². The number of nitrogens with zero attached hydrogens (tertiary/aromatic N) is 2. The Bertz CT molecular complexity index is 986. The fraction of sp³-hybridized carbons (Fsp3) is 0.200. The molecule has 8 heteroatoms. The van der Waals surface area contributed by atoms with Crippen LogP contribution in [0.15, 0.2) is 54.9 Å². The Kier molecular flexibility index (Phi) is 5.01. The Balaban J connectivity index is 1.34. The highest BCUT2D eigenvalue weighted by atomic mass is 16.5. The Morgan fingerprint density at radius 2 is 2.07 bits per heavy atom. The third kappa shape index (κ3) is 4.17. The number of carbonyl (C=O) groups excluding carboxylic acids is 2. The first-order valence-electron chi connectivity index (χ1n) is 8.99. The summed E-state index contributed by atoms with van der Waals surface area (Å²) < 4.78 is 5.64. The van der Waals surface area contributed by atoms with Crippen LogP contribution in [0.4, 0.5) is 5.69 Å². The lowest BCUT2D eigenvalue weighted by molar-refractivity contribution is -0.136. The van der Waals surface area contributed by atoms with Crippen LogP contribution in [-0.2, 0) is 22.4 Å². The molecule has 0 fully saturated rings. The van der Waals surface area contributed by atoms with Gasteiger partial charge < -0.3 is 15.4 Å². The van der Waals surface area contributed by atoms with E-state index in [1.165, 1.54) is 0 Å². The number of pyridine rings is 1. The number of anilines is 1. The summed E-state index contributed by atoms with van der Waals surface area (Å²) in [6, 6.07) is 12.1. The van der Waals surface area contributed by atoms with Crippen LogP contribution >= 0.6 is 0 Å². The molecule has 0 aliphatic heterocycles. The first kappa shape index (κ1) is 17.7. The zero-order chi connectivity index (χ0) is 19.3. The van der Waals surface area contributed by atoms with Crippen LogP contribution in [0.1, 0.15) is 17.7 Å². The highest BCUT2D eigenvalue weighted by Crippen LogP contribution is 2.22. The molecule has 28 heavy (non-hydrogen) atoms. The van der Waals surface area contributed by atoms with Gasteiger partial charge in [-0.25, -0.2) is 4.98 Å². The molecule has 142 valence electrons. The Morgan fingerprint density at radius 1 is 1.14 bits per heavy atom. The summed E-state index contributed by atoms with van der Waals surface area (Å²) in [6.07, 6.45) is 5.62. The molecule has 0 unspecified atom stereocenters. The number of aromatic amines is 1. The van der Waals surface area contributed by atoms with Crippen LogP contribution < -0.4 is 15.4 Å². The van der Waals surface area contributed by atoms with E-state index in [2.05, 4.69) is 25.8 Å². The van der Waals surface area contributed by atoms with Crippen molar-refractivity contribution >= 4 is 17.5 Å². The number of aryl methyl sites for hydroxylation is 1. The quantitative estimate of drug-likeness (QED) is 0.604. The number of hydrogen-bond donors (Lipinski definition) is 3. The molecule has 0 bridgehead atoms. The van der Waals surface area contributed by atoms with Crippen molar-refractivity contribution in [3.05, 3.63) is 66.1 Å². The van der Waals surface area contributed by atoms with Crippen LogP contribution in [0, 0.1) is 0 Å². The summed E-state index contributed by atoms with van der Waals surface area (Å²) >= 11 is 0. The molecule has 1 atom stereocenters. The van der Waals surface area contributed by atoms with Crippen molar-refractivity contribution in [1.29, 1.82) is 0 Å². The third-order valence-corrected chi connectivity index (χ3v) is 4.51. The number of aromatic nitrogens is 3. The highest BCUT2D eigenvalue weighted by molar-refractivity contribution is 6.39. The molecule has 1 aliphatic rings. The fourth-order valence-corrected chi connectivity index (χ4v) is 3.14. The van der Waals surface area contributed by atoms with E-state index in [0.717, 1.165) is 24.1 Å². The average molecular weight is 377 g/mol. The van der Waals surface area contributed by atoms with Crippen molar-refractivity contribution in [2.75, 3.05) is 5.32 Å². The summed E-state index contributed by atoms with van der Waals surface area (Å²) in [4.78, 5) is 28.6. The summed E-state index contributed by atoms with van der Waals surface area (Å²) in [6.45, 7) is 0. The molecule has 0 saturated heterocycles. The maximum absolute atomic E-state index is 12.3. The number of benzene rings is 1. The largest absolute Gasteiger partial charge is 0.439 e. The lowest BCUT2D eigenvalue weighted by atomic mass is 9.93. The Hall–Kier alpha value is -3.68. The van der Waals surface area contributed by atoms with Crippen molar-refractivity contribution in [2.24, 2.45) is 0 Å². The zero-order valence-corrected chi connectivity index (χ0v) is 15.0. The Morgan fingerprint density at radius 3 is 2.93 bits per heavy atom. The molecule has 1 aromatic carbocycles. The maximum Gasteiger partial charge on any atom is 0.313 e. The van der Waals surface area contributed by atoms with Crippen molar-refractivity contribution in [2.45, 2.75) is 25.3 Å². The van der Waals surface area contributed by atoms with Gasteiger partial charge in [-0.2, -0.15) is 5.10 Å². The normalized spacial score (nSPS) is 15.4. The van der Waals surface area contributed by atoms with Gasteiger partial charge in [-0.15, -0.1) is 0 Å². The second-order valence-electron chi connectivity index (χ2n) is 6.54. The minimum atomic E-state index is -0.715. The molecule has 4 rings (SSSR count). The van der Waals surface area contributed by atoms with Gasteiger partial charge in [-0.3, -0.25) is 14.7 Å². The SMILES string of the molecule is O=C(Nc1cccc(Oc2ccccn2)c1)C(=O)N[C@@H]1CCc2[nH]ncc2C1. The van der Waals surface area contributed by atoms with E-state index in [0.29, 0.717) is 23.7 Å². The van der Waals surface area contributed by atoms with E-state index < -0.39 is 11.8 Å². The Labute approximate surface area is 161 Å². The van der Waals surface area contributed by atoms with Gasteiger partial charge in [0.2, 0.25) is 5.88 Å². The van der Waals surface area contributed by atoms with Crippen LogP contribution in [0.3, 0.4) is 0 Å². The lowest BCUT2D eigenvalue weighted by Gasteiger charge is -2.22. The van der Waals surface area contributed by atoms with Gasteiger partial charge in [-0.1, -0.05) is 12.1 Å². The van der Waals surface area contributed by atoms with Crippen molar-refractivity contribution in [3.63, 3.8) is 0 Å². The third-order valence-electron chi connectivity index (χ3n) is 4.51. The lowest BCUT2D eigenvalue weighted by Crippen LogP contribution is -2.44. The second-order valence-corrected chi connectivity index (χ2v) is 6.54. The van der Waals surface area contributed by atoms with Crippen molar-refractivity contribution < 1.29 is 14.3 Å². The number of rotatable bonds is 4. The smallest absolute Gasteiger partial charge is 0.313 e. The number of carbonyl (C=O) groups is 2. The summed E-state index contributed by atoms with van der Waals surface area (Å²) in [5, 5.41) is 12.4. The fourth-order valence-electron chi connectivity index (χ4n) is 3.14. The number of ether oxygens (including phenoxy) is 1. The van der Waals surface area contributed by atoms with E-state index in [4.69, 9.17) is 4.74 Å². The molecule has 2 amide bonds. The summed E-state index contributed by atoms with van der Waals surface area (Å²) in [5.74, 6) is -0.419. The minimum absolute atomic E-state index is 0.0813. The molecular weight excluding hydrogens is 358 g/mol. The molecule has 2 heterocycles. The molecule has 0 spiro atoms. The van der Waals surface area contributed by atoms with Gasteiger partial charge in [0, 0.05) is 35.8 Å². The summed E-state index contributed by atoms with van der Waals surface area (Å²) in [5.41, 5.74) is 2.64. The van der Waals surface area contributed by atoms with Crippen LogP contribution in [0.5, 0.6) is 11.6 Å². The predicted molar refractivity (Wildman–Crippen MR) is 102 cm³/mol. The zero-order valence-electron chi connectivity index (χ0n) is 15.0. The number of fused-ring (bicyclic) bond motifs is 1. The van der Waals surface area contributed by atoms with Gasteiger partial charge in [0.1, 0.15) is 5.75 Å². The second kappa shape index (κ2) is 7.91. The van der Waals surface area contributed by atoms with E-state index in [1.54, 1.807) is 48.8 Å². The van der Waals surface area contributed by atoms with Gasteiger partial charge in [-0.05, 0) is 43.0 Å². The molecule has 3 aromatic rings. The maximum atomic E-state index is 12.3. The van der Waals surface area contributed by atoms with E-state index >= 15 is 0 Å². The molecular formula is C20H19N5O3. The van der Waals surface area contributed by atoms with Crippen LogP contribution in [-0.4, -0.2) is 33.0 Å². The van der Waals surface area contributed by atoms with Crippen LogP contribution in [0.25, 0.3) is 0 Å². The molecule has 2 aromatic heterocycles.